The molecule has 5 heteroatoms. The van der Waals surface area contributed by atoms with Crippen LogP contribution in [0.4, 0.5) is 5.69 Å². The topological polar surface area (TPSA) is 41.9 Å². The van der Waals surface area contributed by atoms with Crippen LogP contribution >= 0.6 is 12.2 Å². The lowest BCUT2D eigenvalue weighted by Crippen LogP contribution is -2.28. The first kappa shape index (κ1) is 14.5. The Morgan fingerprint density at radius 1 is 1.40 bits per heavy atom. The van der Waals surface area contributed by atoms with E-state index in [4.69, 9.17) is 12.2 Å². The summed E-state index contributed by atoms with van der Waals surface area (Å²) in [4.78, 5) is 0. The molecule has 0 radical (unpaired) electrons. The predicted octanol–water partition coefficient (Wildman–Crippen LogP) is 2.94. The van der Waals surface area contributed by atoms with E-state index >= 15 is 0 Å². The lowest BCUT2D eigenvalue weighted by molar-refractivity contribution is 0.686. The highest BCUT2D eigenvalue weighted by Gasteiger charge is 2.02. The largest absolute Gasteiger partial charge is 0.362 e. The Morgan fingerprint density at radius 2 is 2.25 bits per heavy atom. The number of nitrogens with zero attached hydrogens (tertiary/aromatic N) is 2. The van der Waals surface area contributed by atoms with Crippen LogP contribution in [0, 0.1) is 6.92 Å². The lowest BCUT2D eigenvalue weighted by Gasteiger charge is -2.07. The van der Waals surface area contributed by atoms with Crippen LogP contribution in [0.1, 0.15) is 24.5 Å². The van der Waals surface area contributed by atoms with Crippen molar-refractivity contribution < 1.29 is 0 Å². The lowest BCUT2D eigenvalue weighted by atomic mass is 10.1. The van der Waals surface area contributed by atoms with Gasteiger partial charge in [0.1, 0.15) is 0 Å². The maximum absolute atomic E-state index is 5.20. The number of hydrogen-bond donors (Lipinski definition) is 2. The predicted molar refractivity (Wildman–Crippen MR) is 87.0 cm³/mol. The third kappa shape index (κ3) is 4.35. The highest BCUT2D eigenvalue weighted by Crippen LogP contribution is 2.09. The van der Waals surface area contributed by atoms with E-state index in [-0.39, 0.29) is 0 Å². The standard InChI is InChI=1S/C15H20N4S/c1-3-7-16-15(20)18-14-9-17-19(11-14)10-13-6-4-5-12(2)8-13/h4-6,8-9,11H,3,7,10H2,1-2H3,(H2,16,18,20). The summed E-state index contributed by atoms with van der Waals surface area (Å²) in [5.74, 6) is 0. The molecule has 4 nitrogen and oxygen atoms in total. The van der Waals surface area contributed by atoms with Crippen molar-refractivity contribution in [3.63, 3.8) is 0 Å². The minimum Gasteiger partial charge on any atom is -0.362 e. The van der Waals surface area contributed by atoms with E-state index in [0.29, 0.717) is 5.11 Å². The van der Waals surface area contributed by atoms with Crippen molar-refractivity contribution in [2.45, 2.75) is 26.8 Å². The van der Waals surface area contributed by atoms with Crippen LogP contribution < -0.4 is 10.6 Å². The van der Waals surface area contributed by atoms with Crippen molar-refractivity contribution in [1.29, 1.82) is 0 Å². The van der Waals surface area contributed by atoms with Gasteiger partial charge >= 0.3 is 0 Å². The van der Waals surface area contributed by atoms with Crippen LogP contribution in [0.25, 0.3) is 0 Å². The fraction of sp³-hybridized carbons (Fsp3) is 0.333. The van der Waals surface area contributed by atoms with Crippen LogP contribution in [0.2, 0.25) is 0 Å². The number of anilines is 1. The molecule has 0 bridgehead atoms. The average molecular weight is 288 g/mol. The molecular formula is C15H20N4S. The smallest absolute Gasteiger partial charge is 0.170 e. The third-order valence-electron chi connectivity index (χ3n) is 2.85. The average Bonchev–Trinajstić information content (AvgIpc) is 2.83. The van der Waals surface area contributed by atoms with Gasteiger partial charge < -0.3 is 10.6 Å². The van der Waals surface area contributed by atoms with Crippen molar-refractivity contribution in [3.8, 4) is 0 Å². The summed E-state index contributed by atoms with van der Waals surface area (Å²) in [6.07, 6.45) is 4.80. The number of nitrogens with one attached hydrogen (secondary N) is 2. The van der Waals surface area contributed by atoms with Crippen molar-refractivity contribution in [2.75, 3.05) is 11.9 Å². The first-order valence-electron chi connectivity index (χ1n) is 6.80. The van der Waals surface area contributed by atoms with Gasteiger partial charge in [-0.05, 0) is 31.1 Å². The first-order valence-corrected chi connectivity index (χ1v) is 7.21. The van der Waals surface area contributed by atoms with Crippen LogP contribution in [0.3, 0.4) is 0 Å². The van der Waals surface area contributed by atoms with Gasteiger partial charge in [-0.2, -0.15) is 5.10 Å². The Bertz CT molecular complexity index is 577. The van der Waals surface area contributed by atoms with E-state index < -0.39 is 0 Å². The van der Waals surface area contributed by atoms with Gasteiger partial charge in [0.2, 0.25) is 0 Å². The minimum atomic E-state index is 0.641. The highest BCUT2D eigenvalue weighted by molar-refractivity contribution is 7.80. The maximum Gasteiger partial charge on any atom is 0.170 e. The van der Waals surface area contributed by atoms with Crippen molar-refractivity contribution in [3.05, 3.63) is 47.8 Å². The Balaban J connectivity index is 1.93. The first-order chi connectivity index (χ1) is 9.67. The van der Waals surface area contributed by atoms with E-state index in [2.05, 4.69) is 53.8 Å². The normalized spacial score (nSPS) is 10.3. The summed E-state index contributed by atoms with van der Waals surface area (Å²) < 4.78 is 1.90. The van der Waals surface area contributed by atoms with Crippen molar-refractivity contribution >= 4 is 23.0 Å². The number of hydrogen-bond acceptors (Lipinski definition) is 2. The van der Waals surface area contributed by atoms with Gasteiger partial charge in [-0.1, -0.05) is 36.8 Å². The molecular weight excluding hydrogens is 268 g/mol. The number of aryl methyl sites for hydroxylation is 1. The molecule has 0 aliphatic heterocycles. The van der Waals surface area contributed by atoms with Crippen molar-refractivity contribution in [2.24, 2.45) is 0 Å². The molecule has 0 spiro atoms. The molecule has 20 heavy (non-hydrogen) atoms. The van der Waals surface area contributed by atoms with Gasteiger partial charge in [0.15, 0.2) is 5.11 Å². The number of benzene rings is 1. The molecule has 0 saturated carbocycles. The molecule has 0 aliphatic rings. The molecule has 2 N–H and O–H groups in total. The van der Waals surface area contributed by atoms with E-state index in [1.807, 2.05) is 10.9 Å². The van der Waals surface area contributed by atoms with E-state index in [1.54, 1.807) is 6.20 Å². The monoisotopic (exact) mass is 288 g/mol. The van der Waals surface area contributed by atoms with E-state index in [9.17, 15) is 0 Å². The zero-order chi connectivity index (χ0) is 14.4. The SMILES string of the molecule is CCCNC(=S)Nc1cnn(Cc2cccc(C)c2)c1. The molecule has 0 amide bonds. The molecule has 1 heterocycles. The van der Waals surface area contributed by atoms with E-state index in [0.717, 1.165) is 25.2 Å². The number of rotatable bonds is 5. The Kier molecular flexibility index (Phi) is 5.12. The van der Waals surface area contributed by atoms with Gasteiger partial charge in [0.25, 0.3) is 0 Å². The fourth-order valence-corrected chi connectivity index (χ4v) is 2.15. The molecule has 0 fully saturated rings. The minimum absolute atomic E-state index is 0.641. The molecule has 0 atom stereocenters. The van der Waals surface area contributed by atoms with E-state index in [1.165, 1.54) is 11.1 Å². The third-order valence-corrected chi connectivity index (χ3v) is 3.10. The van der Waals surface area contributed by atoms with Gasteiger partial charge in [-0.15, -0.1) is 0 Å². The zero-order valence-electron chi connectivity index (χ0n) is 11.9. The Labute approximate surface area is 125 Å². The number of aromatic nitrogens is 2. The van der Waals surface area contributed by atoms with Gasteiger partial charge in [-0.25, -0.2) is 0 Å². The van der Waals surface area contributed by atoms with Gasteiger partial charge in [-0.3, -0.25) is 4.68 Å². The van der Waals surface area contributed by atoms with Gasteiger partial charge in [0, 0.05) is 12.7 Å². The molecule has 0 unspecified atom stereocenters. The van der Waals surface area contributed by atoms with Crippen LogP contribution in [-0.2, 0) is 6.54 Å². The zero-order valence-corrected chi connectivity index (χ0v) is 12.7. The second kappa shape index (κ2) is 7.05. The van der Waals surface area contributed by atoms with Gasteiger partial charge in [0.05, 0.1) is 18.4 Å². The molecule has 2 aromatic rings. The molecule has 106 valence electrons. The fourth-order valence-electron chi connectivity index (χ4n) is 1.93. The summed E-state index contributed by atoms with van der Waals surface area (Å²) >= 11 is 5.20. The maximum atomic E-state index is 5.20. The summed E-state index contributed by atoms with van der Waals surface area (Å²) in [7, 11) is 0. The summed E-state index contributed by atoms with van der Waals surface area (Å²) in [6.45, 7) is 5.84. The summed E-state index contributed by atoms with van der Waals surface area (Å²) in [6, 6.07) is 8.44. The number of thiocarbonyl (C=S) groups is 1. The van der Waals surface area contributed by atoms with Crippen LogP contribution in [0.5, 0.6) is 0 Å². The molecule has 2 rings (SSSR count). The second-order valence-electron chi connectivity index (χ2n) is 4.80. The quantitative estimate of drug-likeness (QED) is 0.830. The molecule has 0 aliphatic carbocycles. The van der Waals surface area contributed by atoms with Crippen molar-refractivity contribution in [1.82, 2.24) is 15.1 Å². The Hall–Kier alpha value is -1.88. The molecule has 1 aromatic heterocycles. The molecule has 1 aromatic carbocycles. The molecule has 0 saturated heterocycles. The highest BCUT2D eigenvalue weighted by atomic mass is 32.1. The van der Waals surface area contributed by atoms with Crippen LogP contribution in [-0.4, -0.2) is 21.4 Å². The Morgan fingerprint density at radius 3 is 3.00 bits per heavy atom. The second-order valence-corrected chi connectivity index (χ2v) is 5.20. The summed E-state index contributed by atoms with van der Waals surface area (Å²) in [5.41, 5.74) is 3.41. The van der Waals surface area contributed by atoms with Crippen LogP contribution in [0.15, 0.2) is 36.7 Å². The summed E-state index contributed by atoms with van der Waals surface area (Å²) in [5, 5.41) is 11.2.